The van der Waals surface area contributed by atoms with E-state index in [0.29, 0.717) is 0 Å². The highest BCUT2D eigenvalue weighted by Gasteiger charge is 2.33. The maximum atomic E-state index is 12.0. The van der Waals surface area contributed by atoms with Crippen LogP contribution in [0.2, 0.25) is 0 Å². The molecule has 122 valence electrons. The number of anilines is 1. The highest BCUT2D eigenvalue weighted by atomic mass is 32.2. The van der Waals surface area contributed by atoms with Crippen LogP contribution in [0.15, 0.2) is 24.3 Å². The molecule has 1 aromatic rings. The Balaban J connectivity index is 1.97. The molecule has 0 aliphatic carbocycles. The summed E-state index contributed by atoms with van der Waals surface area (Å²) in [5.41, 5.74) is -0.195. The lowest BCUT2D eigenvalue weighted by atomic mass is 10.2. The zero-order valence-corrected chi connectivity index (χ0v) is 12.5. The molecule has 0 bridgehead atoms. The maximum Gasteiger partial charge on any atom is 0.327 e. The Kier molecular flexibility index (Phi) is 5.16. The second-order valence-electron chi connectivity index (χ2n) is 4.75. The number of carboxylic acid groups (broad SMARTS) is 1. The first-order valence-electron chi connectivity index (χ1n) is 6.56. The van der Waals surface area contributed by atoms with Crippen LogP contribution in [0.5, 0.6) is 0 Å². The van der Waals surface area contributed by atoms with E-state index in [1.807, 2.05) is 0 Å². The fourth-order valence-electron chi connectivity index (χ4n) is 1.99. The minimum Gasteiger partial charge on any atom is -0.480 e. The average Bonchev–Trinajstić information content (AvgIpc) is 2.49. The molecule has 0 aromatic heterocycles. The van der Waals surface area contributed by atoms with E-state index in [1.54, 1.807) is 6.07 Å². The molecule has 1 saturated heterocycles. The third-order valence-corrected chi connectivity index (χ3v) is 4.43. The number of nitro benzene ring substituents is 1. The van der Waals surface area contributed by atoms with Crippen LogP contribution in [0.1, 0.15) is 6.42 Å². The van der Waals surface area contributed by atoms with Crippen molar-refractivity contribution in [1.29, 1.82) is 0 Å². The van der Waals surface area contributed by atoms with Crippen molar-refractivity contribution in [1.82, 2.24) is 5.32 Å². The Morgan fingerprint density at radius 1 is 1.43 bits per heavy atom. The van der Waals surface area contributed by atoms with E-state index in [4.69, 9.17) is 5.11 Å². The molecule has 0 unspecified atom stereocenters. The van der Waals surface area contributed by atoms with Crippen molar-refractivity contribution in [3.63, 3.8) is 0 Å². The van der Waals surface area contributed by atoms with Crippen LogP contribution in [0.4, 0.5) is 11.4 Å². The van der Waals surface area contributed by atoms with Crippen LogP contribution in [0.25, 0.3) is 0 Å². The second kappa shape index (κ2) is 7.09. The fraction of sp³-hybridized carbons (Fsp3) is 0.308. The molecular weight excluding hydrogens is 326 g/mol. The van der Waals surface area contributed by atoms with Gasteiger partial charge in [0.1, 0.15) is 11.7 Å². The third-order valence-electron chi connectivity index (χ3n) is 3.12. The summed E-state index contributed by atoms with van der Waals surface area (Å²) in [6.45, 7) is 0. The highest BCUT2D eigenvalue weighted by Crippen LogP contribution is 2.25. The van der Waals surface area contributed by atoms with Gasteiger partial charge < -0.3 is 15.7 Å². The fourth-order valence-corrected chi connectivity index (χ4v) is 3.13. The van der Waals surface area contributed by atoms with Crippen molar-refractivity contribution in [3.05, 3.63) is 34.4 Å². The first kappa shape index (κ1) is 16.7. The number of amides is 2. The molecule has 2 amide bonds. The number of nitrogens with one attached hydrogen (secondary N) is 2. The summed E-state index contributed by atoms with van der Waals surface area (Å²) < 4.78 is 0. The summed E-state index contributed by atoms with van der Waals surface area (Å²) in [5, 5.41) is 23.7. The Morgan fingerprint density at radius 2 is 2.13 bits per heavy atom. The molecular formula is C13H13N3O6S. The van der Waals surface area contributed by atoms with Gasteiger partial charge in [0.05, 0.1) is 10.2 Å². The maximum absolute atomic E-state index is 12.0. The number of carboxylic acids is 1. The topological polar surface area (TPSA) is 139 Å². The summed E-state index contributed by atoms with van der Waals surface area (Å²) in [5.74, 6) is -2.06. The van der Waals surface area contributed by atoms with Crippen LogP contribution < -0.4 is 10.6 Å². The van der Waals surface area contributed by atoms with Gasteiger partial charge >= 0.3 is 5.97 Å². The number of nitro groups is 1. The summed E-state index contributed by atoms with van der Waals surface area (Å²) in [6, 6.07) is 4.70. The Labute approximate surface area is 134 Å². The zero-order chi connectivity index (χ0) is 17.0. The largest absolute Gasteiger partial charge is 0.480 e. The molecule has 1 aromatic carbocycles. The number of rotatable bonds is 5. The van der Waals surface area contributed by atoms with Crippen molar-refractivity contribution in [2.75, 3.05) is 11.1 Å². The monoisotopic (exact) mass is 339 g/mol. The molecule has 9 nitrogen and oxygen atoms in total. The van der Waals surface area contributed by atoms with Gasteiger partial charge in [-0.15, -0.1) is 11.8 Å². The number of hydrogen-bond donors (Lipinski definition) is 3. The van der Waals surface area contributed by atoms with Crippen molar-refractivity contribution in [3.8, 4) is 0 Å². The van der Waals surface area contributed by atoms with Gasteiger partial charge in [-0.2, -0.15) is 0 Å². The number of carbonyl (C=O) groups excluding carboxylic acids is 2. The van der Waals surface area contributed by atoms with Gasteiger partial charge in [-0.25, -0.2) is 4.79 Å². The molecule has 1 heterocycles. The van der Waals surface area contributed by atoms with E-state index in [-0.39, 0.29) is 23.5 Å². The number of hydrogen-bond acceptors (Lipinski definition) is 6. The van der Waals surface area contributed by atoms with Crippen molar-refractivity contribution in [2.45, 2.75) is 17.7 Å². The summed E-state index contributed by atoms with van der Waals surface area (Å²) in [6.07, 6.45) is -0.200. The van der Waals surface area contributed by atoms with E-state index in [9.17, 15) is 24.5 Å². The number of thioether (sulfide) groups is 1. The lowest BCUT2D eigenvalue weighted by Gasteiger charge is -2.25. The number of benzene rings is 1. The molecule has 1 aliphatic rings. The number of nitrogens with zero attached hydrogens (tertiary/aromatic N) is 1. The third kappa shape index (κ3) is 4.19. The summed E-state index contributed by atoms with van der Waals surface area (Å²) >= 11 is 1.07. The normalized spacial score (nSPS) is 20.4. The van der Waals surface area contributed by atoms with Crippen LogP contribution in [-0.4, -0.2) is 44.9 Å². The van der Waals surface area contributed by atoms with E-state index in [1.165, 1.54) is 18.2 Å². The van der Waals surface area contributed by atoms with Crippen LogP contribution >= 0.6 is 11.8 Å². The van der Waals surface area contributed by atoms with E-state index >= 15 is 0 Å². The molecule has 0 saturated carbocycles. The highest BCUT2D eigenvalue weighted by molar-refractivity contribution is 8.00. The van der Waals surface area contributed by atoms with Gasteiger partial charge in [0.25, 0.3) is 5.69 Å². The van der Waals surface area contributed by atoms with Crippen molar-refractivity contribution >= 4 is 40.9 Å². The minimum atomic E-state index is -1.13. The van der Waals surface area contributed by atoms with Gasteiger partial charge in [0.15, 0.2) is 0 Å². The van der Waals surface area contributed by atoms with Gasteiger partial charge in [-0.3, -0.25) is 19.7 Å². The summed E-state index contributed by atoms with van der Waals surface area (Å²) in [4.78, 5) is 44.8. The minimum absolute atomic E-state index is 0.0483. The van der Waals surface area contributed by atoms with Gasteiger partial charge in [-0.1, -0.05) is 12.1 Å². The van der Waals surface area contributed by atoms with Crippen molar-refractivity contribution < 1.29 is 24.4 Å². The molecule has 0 radical (unpaired) electrons. The smallest absolute Gasteiger partial charge is 0.327 e. The molecule has 0 spiro atoms. The number of aliphatic carboxylic acids is 1. The first-order valence-corrected chi connectivity index (χ1v) is 7.61. The van der Waals surface area contributed by atoms with E-state index in [0.717, 1.165) is 11.8 Å². The van der Waals surface area contributed by atoms with E-state index in [2.05, 4.69) is 10.6 Å². The Morgan fingerprint density at radius 3 is 2.74 bits per heavy atom. The molecule has 2 atom stereocenters. The molecule has 3 N–H and O–H groups in total. The average molecular weight is 339 g/mol. The van der Waals surface area contributed by atoms with Gasteiger partial charge in [0, 0.05) is 18.2 Å². The predicted molar refractivity (Wildman–Crippen MR) is 82.2 cm³/mol. The van der Waals surface area contributed by atoms with Crippen LogP contribution in [0, 0.1) is 10.1 Å². The lowest BCUT2D eigenvalue weighted by molar-refractivity contribution is -0.383. The number of para-hydroxylation sites is 2. The molecule has 23 heavy (non-hydrogen) atoms. The Bertz CT molecular complexity index is 665. The zero-order valence-electron chi connectivity index (χ0n) is 11.7. The van der Waals surface area contributed by atoms with Crippen LogP contribution in [0.3, 0.4) is 0 Å². The molecule has 1 aliphatic heterocycles. The predicted octanol–water partition coefficient (Wildman–Crippen LogP) is 0.608. The second-order valence-corrected chi connectivity index (χ2v) is 5.98. The molecule has 2 rings (SSSR count). The number of carbonyl (C=O) groups is 3. The summed E-state index contributed by atoms with van der Waals surface area (Å²) in [7, 11) is 0. The van der Waals surface area contributed by atoms with E-state index < -0.39 is 34.0 Å². The SMILES string of the molecule is O=C(C[C@@H]1SC[C@@H](C(=O)O)NC1=O)Nc1ccccc1[N+](=O)[O-]. The van der Waals surface area contributed by atoms with Gasteiger partial charge in [-0.05, 0) is 6.07 Å². The first-order chi connectivity index (χ1) is 10.9. The van der Waals surface area contributed by atoms with Crippen LogP contribution in [-0.2, 0) is 14.4 Å². The van der Waals surface area contributed by atoms with Crippen molar-refractivity contribution in [2.24, 2.45) is 0 Å². The molecule has 10 heteroatoms. The molecule has 1 fully saturated rings. The van der Waals surface area contributed by atoms with Gasteiger partial charge in [0.2, 0.25) is 11.8 Å². The Hall–Kier alpha value is -2.62. The quantitative estimate of drug-likeness (QED) is 0.527. The lowest BCUT2D eigenvalue weighted by Crippen LogP contribution is -2.51. The standard InChI is InChI=1S/C13H13N3O6S/c17-11(14-7-3-1-2-4-9(7)16(21)22)5-10-12(18)15-8(6-23-10)13(19)20/h1-4,8,10H,5-6H2,(H,14,17)(H,15,18)(H,19,20)/t8-,10-/m0/s1.